The van der Waals surface area contributed by atoms with E-state index in [1.807, 2.05) is 0 Å². The number of amides is 1. The Kier molecular flexibility index (Phi) is 6.30. The zero-order chi connectivity index (χ0) is 8.69. The number of rotatable bonds is 5. The number of hydrogen-bond donors (Lipinski definition) is 4. The SMILES string of the molecule is O=C(CCS)NCC(O)CO. The van der Waals surface area contributed by atoms with Crippen molar-refractivity contribution in [2.45, 2.75) is 12.5 Å². The Morgan fingerprint density at radius 1 is 1.64 bits per heavy atom. The van der Waals surface area contributed by atoms with Gasteiger partial charge >= 0.3 is 0 Å². The summed E-state index contributed by atoms with van der Waals surface area (Å²) in [6.07, 6.45) is -0.528. The van der Waals surface area contributed by atoms with Gasteiger partial charge in [0.05, 0.1) is 12.7 Å². The average Bonchev–Trinajstić information content (AvgIpc) is 2.01. The van der Waals surface area contributed by atoms with Crippen molar-refractivity contribution < 1.29 is 15.0 Å². The smallest absolute Gasteiger partial charge is 0.220 e. The molecule has 0 heterocycles. The van der Waals surface area contributed by atoms with Crippen LogP contribution in [0, 0.1) is 0 Å². The Hall–Kier alpha value is -0.260. The minimum atomic E-state index is -0.862. The standard InChI is InChI=1S/C6H13NO3S/c8-4-5(9)3-7-6(10)1-2-11/h5,8-9,11H,1-4H2,(H,7,10). The van der Waals surface area contributed by atoms with E-state index in [0.717, 1.165) is 0 Å². The predicted molar refractivity (Wildman–Crippen MR) is 44.6 cm³/mol. The van der Waals surface area contributed by atoms with Gasteiger partial charge in [-0.3, -0.25) is 4.79 Å². The molecule has 1 amide bonds. The van der Waals surface area contributed by atoms with Gasteiger partial charge in [-0.15, -0.1) is 0 Å². The van der Waals surface area contributed by atoms with Crippen LogP contribution in [0.15, 0.2) is 0 Å². The number of aliphatic hydroxyl groups excluding tert-OH is 2. The Morgan fingerprint density at radius 2 is 2.27 bits per heavy atom. The van der Waals surface area contributed by atoms with E-state index in [9.17, 15) is 4.79 Å². The van der Waals surface area contributed by atoms with Gasteiger partial charge in [0.2, 0.25) is 5.91 Å². The fourth-order valence-corrected chi connectivity index (χ4v) is 0.689. The van der Waals surface area contributed by atoms with Crippen LogP contribution < -0.4 is 5.32 Å². The van der Waals surface area contributed by atoms with Crippen LogP contribution in [0.4, 0.5) is 0 Å². The van der Waals surface area contributed by atoms with Crippen LogP contribution in [0.1, 0.15) is 6.42 Å². The van der Waals surface area contributed by atoms with Crippen molar-refractivity contribution in [1.29, 1.82) is 0 Å². The second-order valence-electron chi connectivity index (χ2n) is 2.11. The van der Waals surface area contributed by atoms with E-state index in [1.54, 1.807) is 0 Å². The fourth-order valence-electron chi connectivity index (χ4n) is 0.486. The summed E-state index contributed by atoms with van der Waals surface area (Å²) in [5.41, 5.74) is 0. The molecule has 11 heavy (non-hydrogen) atoms. The molecule has 0 saturated heterocycles. The molecule has 0 aliphatic carbocycles. The third-order valence-corrected chi connectivity index (χ3v) is 1.31. The number of aliphatic hydroxyl groups is 2. The van der Waals surface area contributed by atoms with Crippen molar-refractivity contribution in [1.82, 2.24) is 5.32 Å². The molecular formula is C6H13NO3S. The van der Waals surface area contributed by atoms with Gasteiger partial charge < -0.3 is 15.5 Å². The zero-order valence-corrected chi connectivity index (χ0v) is 7.05. The lowest BCUT2D eigenvalue weighted by Crippen LogP contribution is -2.33. The average molecular weight is 179 g/mol. The molecular weight excluding hydrogens is 166 g/mol. The largest absolute Gasteiger partial charge is 0.394 e. The number of carbonyl (C=O) groups excluding carboxylic acids is 1. The quantitative estimate of drug-likeness (QED) is 0.400. The lowest BCUT2D eigenvalue weighted by molar-refractivity contribution is -0.121. The van der Waals surface area contributed by atoms with Gasteiger partial charge in [-0.05, 0) is 5.75 Å². The van der Waals surface area contributed by atoms with Crippen molar-refractivity contribution in [2.75, 3.05) is 18.9 Å². The van der Waals surface area contributed by atoms with Gasteiger partial charge in [0.1, 0.15) is 0 Å². The van der Waals surface area contributed by atoms with Crippen molar-refractivity contribution in [3.63, 3.8) is 0 Å². The highest BCUT2D eigenvalue weighted by atomic mass is 32.1. The first-order valence-corrected chi connectivity index (χ1v) is 4.00. The lowest BCUT2D eigenvalue weighted by atomic mass is 10.3. The maximum Gasteiger partial charge on any atom is 0.220 e. The summed E-state index contributed by atoms with van der Waals surface area (Å²) in [5.74, 6) is 0.327. The molecule has 0 aliphatic heterocycles. The van der Waals surface area contributed by atoms with E-state index < -0.39 is 6.10 Å². The van der Waals surface area contributed by atoms with Gasteiger partial charge in [-0.1, -0.05) is 0 Å². The Balaban J connectivity index is 3.30. The fraction of sp³-hybridized carbons (Fsp3) is 0.833. The predicted octanol–water partition coefficient (Wildman–Crippen LogP) is -1.22. The molecule has 0 bridgehead atoms. The molecule has 0 rings (SSSR count). The monoisotopic (exact) mass is 179 g/mol. The molecule has 4 nitrogen and oxygen atoms in total. The van der Waals surface area contributed by atoms with Crippen molar-refractivity contribution >= 4 is 18.5 Å². The molecule has 5 heteroatoms. The van der Waals surface area contributed by atoms with Gasteiger partial charge in [-0.2, -0.15) is 12.6 Å². The molecule has 0 aliphatic rings. The van der Waals surface area contributed by atoms with Crippen LogP contribution in [0.25, 0.3) is 0 Å². The molecule has 1 unspecified atom stereocenters. The first kappa shape index (κ1) is 10.7. The summed E-state index contributed by atoms with van der Waals surface area (Å²) >= 11 is 3.85. The molecule has 0 fully saturated rings. The van der Waals surface area contributed by atoms with Crippen LogP contribution >= 0.6 is 12.6 Å². The topological polar surface area (TPSA) is 69.6 Å². The van der Waals surface area contributed by atoms with Crippen LogP contribution in [-0.4, -0.2) is 41.1 Å². The molecule has 0 aromatic carbocycles. The van der Waals surface area contributed by atoms with Gasteiger partial charge in [0.15, 0.2) is 0 Å². The van der Waals surface area contributed by atoms with E-state index in [-0.39, 0.29) is 19.1 Å². The van der Waals surface area contributed by atoms with Crippen molar-refractivity contribution in [3.05, 3.63) is 0 Å². The highest BCUT2D eigenvalue weighted by Gasteiger charge is 2.03. The Labute approximate surface area is 71.0 Å². The highest BCUT2D eigenvalue weighted by Crippen LogP contribution is 1.84. The molecule has 0 aromatic rings. The van der Waals surface area contributed by atoms with E-state index >= 15 is 0 Å². The van der Waals surface area contributed by atoms with Gasteiger partial charge in [0, 0.05) is 13.0 Å². The maximum atomic E-state index is 10.7. The van der Waals surface area contributed by atoms with E-state index in [0.29, 0.717) is 12.2 Å². The summed E-state index contributed by atoms with van der Waals surface area (Å²) in [7, 11) is 0. The molecule has 0 aromatic heterocycles. The summed E-state index contributed by atoms with van der Waals surface area (Å²) in [4.78, 5) is 10.7. The molecule has 0 radical (unpaired) electrons. The molecule has 1 atom stereocenters. The third-order valence-electron chi connectivity index (χ3n) is 1.08. The van der Waals surface area contributed by atoms with E-state index in [1.165, 1.54) is 0 Å². The first-order chi connectivity index (χ1) is 5.20. The summed E-state index contributed by atoms with van der Waals surface area (Å²) < 4.78 is 0. The minimum absolute atomic E-state index is 0.100. The number of nitrogens with one attached hydrogen (secondary N) is 1. The van der Waals surface area contributed by atoms with Crippen molar-refractivity contribution in [3.8, 4) is 0 Å². The van der Waals surface area contributed by atoms with Crippen LogP contribution in [0.5, 0.6) is 0 Å². The van der Waals surface area contributed by atoms with Gasteiger partial charge in [-0.25, -0.2) is 0 Å². The summed E-state index contributed by atoms with van der Waals surface area (Å²) in [5, 5.41) is 19.6. The van der Waals surface area contributed by atoms with Crippen LogP contribution in [-0.2, 0) is 4.79 Å². The molecule has 66 valence electrons. The van der Waals surface area contributed by atoms with E-state index in [2.05, 4.69) is 17.9 Å². The van der Waals surface area contributed by atoms with Crippen LogP contribution in [0.3, 0.4) is 0 Å². The maximum absolute atomic E-state index is 10.7. The summed E-state index contributed by atoms with van der Waals surface area (Å²) in [6.45, 7) is -0.232. The molecule has 0 saturated carbocycles. The third kappa shape index (κ3) is 6.15. The molecule has 3 N–H and O–H groups in total. The molecule has 0 spiro atoms. The second kappa shape index (κ2) is 6.45. The van der Waals surface area contributed by atoms with Crippen LogP contribution in [0.2, 0.25) is 0 Å². The number of thiol groups is 1. The Morgan fingerprint density at radius 3 is 2.73 bits per heavy atom. The van der Waals surface area contributed by atoms with E-state index in [4.69, 9.17) is 10.2 Å². The van der Waals surface area contributed by atoms with Crippen molar-refractivity contribution in [2.24, 2.45) is 0 Å². The minimum Gasteiger partial charge on any atom is -0.394 e. The zero-order valence-electron chi connectivity index (χ0n) is 6.16. The summed E-state index contributed by atoms with van der Waals surface area (Å²) in [6, 6.07) is 0. The Bertz CT molecular complexity index is 120. The lowest BCUT2D eigenvalue weighted by Gasteiger charge is -2.07. The number of carbonyl (C=O) groups is 1. The van der Waals surface area contributed by atoms with Gasteiger partial charge in [0.25, 0.3) is 0 Å². The normalized spacial score (nSPS) is 12.6. The highest BCUT2D eigenvalue weighted by molar-refractivity contribution is 7.80. The number of hydrogen-bond acceptors (Lipinski definition) is 4. The second-order valence-corrected chi connectivity index (χ2v) is 2.56. The first-order valence-electron chi connectivity index (χ1n) is 3.37.